The van der Waals surface area contributed by atoms with Crippen molar-refractivity contribution < 1.29 is 0 Å². The van der Waals surface area contributed by atoms with E-state index in [0.717, 1.165) is 28.4 Å². The first-order valence-electron chi connectivity index (χ1n) is 17.5. The van der Waals surface area contributed by atoms with Crippen molar-refractivity contribution >= 4 is 52.6 Å². The van der Waals surface area contributed by atoms with Gasteiger partial charge in [-0.3, -0.25) is 0 Å². The lowest BCUT2D eigenvalue weighted by Crippen LogP contribution is -2.49. The molecule has 1 aliphatic heterocycles. The maximum atomic E-state index is 2.48. The lowest BCUT2D eigenvalue weighted by molar-refractivity contribution is 0.641. The quantitative estimate of drug-likeness (QED) is 0.149. The number of hydrogen-bond acceptors (Lipinski definition) is 2. The van der Waals surface area contributed by atoms with Gasteiger partial charge in [-0.15, -0.1) is 0 Å². The Hall–Kier alpha value is -5.64. The summed E-state index contributed by atoms with van der Waals surface area (Å²) >= 11 is 0. The second-order valence-electron chi connectivity index (χ2n) is 14.3. The molecule has 7 aromatic carbocycles. The fourth-order valence-corrected chi connectivity index (χ4v) is 10.8. The highest BCUT2D eigenvalue weighted by atomic mass is 28.3. The molecule has 50 heavy (non-hydrogen) atoms. The van der Waals surface area contributed by atoms with Crippen LogP contribution in [0.4, 0.5) is 34.1 Å². The molecule has 0 N–H and O–H groups in total. The van der Waals surface area contributed by atoms with Crippen LogP contribution in [0, 0.1) is 0 Å². The second-order valence-corrected chi connectivity index (χ2v) is 18.6. The maximum Gasteiger partial charge on any atom is 0.113 e. The predicted molar refractivity (Wildman–Crippen MR) is 217 cm³/mol. The fraction of sp³-hybridized carbons (Fsp3) is 0.106. The molecule has 0 saturated heterocycles. The van der Waals surface area contributed by atoms with E-state index in [1.165, 1.54) is 38.3 Å². The third-order valence-electron chi connectivity index (χ3n) is 10.6. The summed E-state index contributed by atoms with van der Waals surface area (Å²) in [5.74, 6) is 0. The molecule has 1 aliphatic rings. The Kier molecular flexibility index (Phi) is 8.01. The first-order chi connectivity index (χ1) is 24.3. The van der Waals surface area contributed by atoms with Gasteiger partial charge >= 0.3 is 0 Å². The van der Waals surface area contributed by atoms with Gasteiger partial charge in [-0.2, -0.15) is 0 Å². The highest BCUT2D eigenvalue weighted by Gasteiger charge is 2.37. The fourth-order valence-electron chi connectivity index (χ4n) is 7.68. The molecule has 0 aromatic heterocycles. The first-order valence-corrected chi connectivity index (χ1v) is 20.5. The van der Waals surface area contributed by atoms with Crippen LogP contribution in [0.25, 0.3) is 11.1 Å². The van der Waals surface area contributed by atoms with Gasteiger partial charge in [0.15, 0.2) is 0 Å². The summed E-state index contributed by atoms with van der Waals surface area (Å²) in [7, 11) is -1.81. The van der Waals surface area contributed by atoms with Crippen molar-refractivity contribution in [3.8, 4) is 11.1 Å². The average Bonchev–Trinajstić information content (AvgIpc) is 3.39. The lowest BCUT2D eigenvalue weighted by Gasteiger charge is -2.30. The van der Waals surface area contributed by atoms with Crippen LogP contribution in [0.2, 0.25) is 13.1 Å². The van der Waals surface area contributed by atoms with Crippen molar-refractivity contribution in [3.63, 3.8) is 0 Å². The molecule has 0 unspecified atom stereocenters. The van der Waals surface area contributed by atoms with Crippen molar-refractivity contribution in [3.05, 3.63) is 193 Å². The van der Waals surface area contributed by atoms with Crippen LogP contribution in [-0.2, 0) is 5.41 Å². The number of nitrogens with zero attached hydrogens (tertiary/aromatic N) is 2. The van der Waals surface area contributed by atoms with Crippen LogP contribution in [0.5, 0.6) is 0 Å². The Morgan fingerprint density at radius 3 is 1.20 bits per heavy atom. The monoisotopic (exact) mass is 662 g/mol. The molecule has 0 fully saturated rings. The van der Waals surface area contributed by atoms with E-state index < -0.39 is 8.07 Å². The van der Waals surface area contributed by atoms with E-state index >= 15 is 0 Å². The highest BCUT2D eigenvalue weighted by Crippen LogP contribution is 2.40. The van der Waals surface area contributed by atoms with Crippen LogP contribution >= 0.6 is 0 Å². The minimum Gasteiger partial charge on any atom is -0.311 e. The van der Waals surface area contributed by atoms with Crippen molar-refractivity contribution in [1.82, 2.24) is 0 Å². The molecule has 0 radical (unpaired) electrons. The van der Waals surface area contributed by atoms with Gasteiger partial charge in [-0.25, -0.2) is 0 Å². The zero-order valence-electron chi connectivity index (χ0n) is 29.2. The van der Waals surface area contributed by atoms with Crippen LogP contribution in [0.1, 0.15) is 25.0 Å². The van der Waals surface area contributed by atoms with E-state index in [0.29, 0.717) is 0 Å². The van der Waals surface area contributed by atoms with Gasteiger partial charge in [0, 0.05) is 39.5 Å². The number of anilines is 6. The maximum absolute atomic E-state index is 2.48. The zero-order valence-corrected chi connectivity index (χ0v) is 30.2. The summed E-state index contributed by atoms with van der Waals surface area (Å²) in [6.45, 7) is 9.61. The summed E-state index contributed by atoms with van der Waals surface area (Å²) in [4.78, 5) is 4.71. The minimum absolute atomic E-state index is 0.187. The van der Waals surface area contributed by atoms with Crippen molar-refractivity contribution in [2.24, 2.45) is 0 Å². The largest absolute Gasteiger partial charge is 0.311 e. The normalized spacial score (nSPS) is 13.0. The molecule has 3 heteroatoms. The van der Waals surface area contributed by atoms with Crippen LogP contribution in [0.3, 0.4) is 0 Å². The molecule has 244 valence electrons. The molecule has 2 nitrogen and oxygen atoms in total. The second kappa shape index (κ2) is 12.7. The Labute approximate surface area is 297 Å². The van der Waals surface area contributed by atoms with Gasteiger partial charge in [0.1, 0.15) is 8.07 Å². The van der Waals surface area contributed by atoms with E-state index in [9.17, 15) is 0 Å². The molecule has 8 rings (SSSR count). The smallest absolute Gasteiger partial charge is 0.113 e. The summed E-state index contributed by atoms with van der Waals surface area (Å²) in [6.07, 6.45) is 0. The van der Waals surface area contributed by atoms with Gasteiger partial charge in [-0.1, -0.05) is 136 Å². The van der Waals surface area contributed by atoms with E-state index in [4.69, 9.17) is 0 Å². The van der Waals surface area contributed by atoms with Gasteiger partial charge in [-0.05, 0) is 105 Å². The Bertz CT molecular complexity index is 2200. The Morgan fingerprint density at radius 2 is 0.720 bits per heavy atom. The van der Waals surface area contributed by atoms with E-state index in [1.807, 2.05) is 0 Å². The molecule has 0 atom stereocenters. The Balaban J connectivity index is 1.12. The molecule has 1 heterocycles. The van der Waals surface area contributed by atoms with Crippen LogP contribution < -0.4 is 20.2 Å². The summed E-state index contributed by atoms with van der Waals surface area (Å²) < 4.78 is 0. The summed E-state index contributed by atoms with van der Waals surface area (Å²) in [5, 5.41) is 3.04. The third-order valence-corrected chi connectivity index (χ3v) is 14.1. The SMILES string of the molecule is CC(C)(c1ccc(N(c2ccccc2)c2ccccc2)cc1)c1ccc(N(c2ccccc2)c2ccc3c(c2)[Si](C)(C)c2ccccc2-3)cc1. The van der Waals surface area contributed by atoms with Gasteiger partial charge in [0.2, 0.25) is 0 Å². The molecule has 0 spiro atoms. The topological polar surface area (TPSA) is 6.48 Å². The van der Waals surface area contributed by atoms with Gasteiger partial charge in [0.05, 0.1) is 0 Å². The van der Waals surface area contributed by atoms with Crippen molar-refractivity contribution in [1.29, 1.82) is 0 Å². The molecule has 0 saturated carbocycles. The van der Waals surface area contributed by atoms with Crippen molar-refractivity contribution in [2.75, 3.05) is 9.80 Å². The van der Waals surface area contributed by atoms with E-state index in [-0.39, 0.29) is 5.41 Å². The van der Waals surface area contributed by atoms with Crippen LogP contribution in [0.15, 0.2) is 182 Å². The number of rotatable bonds is 8. The van der Waals surface area contributed by atoms with E-state index in [2.05, 4.69) is 219 Å². The average molecular weight is 663 g/mol. The zero-order chi connectivity index (χ0) is 34.3. The number of benzene rings is 7. The summed E-state index contributed by atoms with van der Waals surface area (Å²) in [5.41, 5.74) is 12.1. The third kappa shape index (κ3) is 5.54. The summed E-state index contributed by atoms with van der Waals surface area (Å²) in [6, 6.07) is 66.3. The van der Waals surface area contributed by atoms with Gasteiger partial charge < -0.3 is 9.80 Å². The van der Waals surface area contributed by atoms with Crippen molar-refractivity contribution in [2.45, 2.75) is 32.4 Å². The highest BCUT2D eigenvalue weighted by molar-refractivity contribution is 7.03. The molecule has 0 aliphatic carbocycles. The molecule has 0 bridgehead atoms. The van der Waals surface area contributed by atoms with E-state index in [1.54, 1.807) is 0 Å². The molecule has 0 amide bonds. The Morgan fingerprint density at radius 1 is 0.360 bits per heavy atom. The minimum atomic E-state index is -1.81. The standard InChI is InChI=1S/C47H42N2Si/c1-47(2,35-24-28-40(29-25-35)48(37-16-8-5-9-17-37)38-18-10-6-11-19-38)36-26-30-41(31-27-36)49(39-20-12-7-13-21-39)42-32-33-44-43-22-14-15-23-45(43)50(3,4)46(44)34-42/h5-34H,1-4H3. The number of fused-ring (bicyclic) bond motifs is 3. The number of para-hydroxylation sites is 3. The number of hydrogen-bond donors (Lipinski definition) is 0. The van der Waals surface area contributed by atoms with Gasteiger partial charge in [0.25, 0.3) is 0 Å². The molecule has 7 aromatic rings. The predicted octanol–water partition coefficient (Wildman–Crippen LogP) is 11.8. The first kappa shape index (κ1) is 31.6. The van der Waals surface area contributed by atoms with Crippen LogP contribution in [-0.4, -0.2) is 8.07 Å². The lowest BCUT2D eigenvalue weighted by atomic mass is 9.78. The molecular weight excluding hydrogens is 621 g/mol. The molecular formula is C47H42N2Si.